The van der Waals surface area contributed by atoms with Gasteiger partial charge in [-0.15, -0.1) is 0 Å². The van der Waals surface area contributed by atoms with Crippen LogP contribution in [-0.2, 0) is 0 Å². The molecule has 1 nitrogen and oxygen atoms in total. The van der Waals surface area contributed by atoms with E-state index in [9.17, 15) is 5.11 Å². The number of aryl methyl sites for hydroxylation is 2. The Balaban J connectivity index is 3.32. The summed E-state index contributed by atoms with van der Waals surface area (Å²) in [5, 5.41) is 9.66. The summed E-state index contributed by atoms with van der Waals surface area (Å²) in [4.78, 5) is 0. The number of hydrogen-bond acceptors (Lipinski definition) is 1. The highest BCUT2D eigenvalue weighted by Crippen LogP contribution is 2.26. The zero-order valence-corrected chi connectivity index (χ0v) is 7.76. The van der Waals surface area contributed by atoms with Gasteiger partial charge in [0.2, 0.25) is 0 Å². The van der Waals surface area contributed by atoms with E-state index in [2.05, 4.69) is 0 Å². The molecule has 1 aromatic carbocycles. The Morgan fingerprint density at radius 3 is 2.33 bits per heavy atom. The lowest BCUT2D eigenvalue weighted by atomic mass is 10.0. The maximum atomic E-state index is 9.66. The summed E-state index contributed by atoms with van der Waals surface area (Å²) in [6.07, 6.45) is 3.86. The molecule has 0 aliphatic heterocycles. The van der Waals surface area contributed by atoms with Crippen molar-refractivity contribution in [1.82, 2.24) is 0 Å². The molecule has 0 aromatic heterocycles. The van der Waals surface area contributed by atoms with Crippen molar-refractivity contribution in [3.8, 4) is 5.75 Å². The molecule has 0 aliphatic rings. The van der Waals surface area contributed by atoms with Crippen LogP contribution < -0.4 is 0 Å². The molecule has 64 valence electrons. The molecule has 0 fully saturated rings. The van der Waals surface area contributed by atoms with Crippen LogP contribution in [0.4, 0.5) is 0 Å². The third-order valence-electron chi connectivity index (χ3n) is 1.97. The van der Waals surface area contributed by atoms with Gasteiger partial charge in [-0.05, 0) is 31.9 Å². The molecule has 0 amide bonds. The number of phenolic OH excluding ortho intramolecular Hbond substituents is 1. The molecule has 0 unspecified atom stereocenters. The van der Waals surface area contributed by atoms with Crippen molar-refractivity contribution in [2.24, 2.45) is 0 Å². The van der Waals surface area contributed by atoms with Gasteiger partial charge in [-0.3, -0.25) is 0 Å². The molecule has 0 spiro atoms. The second-order valence-corrected chi connectivity index (χ2v) is 2.96. The summed E-state index contributed by atoms with van der Waals surface area (Å²) in [7, 11) is 0. The molecule has 0 heterocycles. The van der Waals surface area contributed by atoms with Crippen LogP contribution in [0.3, 0.4) is 0 Å². The first-order valence-electron chi connectivity index (χ1n) is 4.08. The fraction of sp³-hybridized carbons (Fsp3) is 0.273. The third kappa shape index (κ3) is 1.50. The highest BCUT2D eigenvalue weighted by atomic mass is 16.3. The second kappa shape index (κ2) is 3.44. The first kappa shape index (κ1) is 8.85. The van der Waals surface area contributed by atoms with Gasteiger partial charge in [0.1, 0.15) is 5.75 Å². The Morgan fingerprint density at radius 1 is 1.17 bits per heavy atom. The quantitative estimate of drug-likeness (QED) is 0.673. The Morgan fingerprint density at radius 2 is 1.75 bits per heavy atom. The SMILES string of the molecule is C/C=C\c1c(C)ccc(C)c1O. The van der Waals surface area contributed by atoms with Gasteiger partial charge < -0.3 is 5.11 Å². The molecule has 0 saturated heterocycles. The fourth-order valence-corrected chi connectivity index (χ4v) is 1.19. The van der Waals surface area contributed by atoms with Crippen LogP contribution in [0, 0.1) is 13.8 Å². The van der Waals surface area contributed by atoms with E-state index < -0.39 is 0 Å². The lowest BCUT2D eigenvalue weighted by Gasteiger charge is -2.05. The minimum absolute atomic E-state index is 0.396. The van der Waals surface area contributed by atoms with E-state index >= 15 is 0 Å². The highest BCUT2D eigenvalue weighted by molar-refractivity contribution is 5.62. The van der Waals surface area contributed by atoms with E-state index in [0.29, 0.717) is 5.75 Å². The standard InChI is InChI=1S/C11H14O/c1-4-5-10-8(2)6-7-9(3)11(10)12/h4-7,12H,1-3H3/b5-4-. The first-order chi connectivity index (χ1) is 5.66. The number of benzene rings is 1. The summed E-state index contributed by atoms with van der Waals surface area (Å²) in [5.74, 6) is 0.396. The molecule has 1 aromatic rings. The number of hydrogen-bond donors (Lipinski definition) is 1. The molecule has 1 heteroatoms. The van der Waals surface area contributed by atoms with Crippen LogP contribution in [0.5, 0.6) is 5.75 Å². The van der Waals surface area contributed by atoms with Crippen LogP contribution in [0.15, 0.2) is 18.2 Å². The Labute approximate surface area is 73.4 Å². The molecule has 0 atom stereocenters. The zero-order valence-electron chi connectivity index (χ0n) is 7.76. The number of aromatic hydroxyl groups is 1. The van der Waals surface area contributed by atoms with Gasteiger partial charge in [0.05, 0.1) is 0 Å². The Kier molecular flexibility index (Phi) is 2.54. The average molecular weight is 162 g/mol. The van der Waals surface area contributed by atoms with Crippen LogP contribution in [0.2, 0.25) is 0 Å². The summed E-state index contributed by atoms with van der Waals surface area (Å²) in [5.41, 5.74) is 2.96. The monoisotopic (exact) mass is 162 g/mol. The molecule has 0 bridgehead atoms. The number of phenols is 1. The summed E-state index contributed by atoms with van der Waals surface area (Å²) in [6.45, 7) is 5.84. The van der Waals surface area contributed by atoms with Crippen molar-refractivity contribution in [1.29, 1.82) is 0 Å². The van der Waals surface area contributed by atoms with E-state index in [1.807, 2.05) is 45.1 Å². The van der Waals surface area contributed by atoms with Gasteiger partial charge in [0, 0.05) is 5.56 Å². The van der Waals surface area contributed by atoms with Crippen molar-refractivity contribution < 1.29 is 5.11 Å². The molecular weight excluding hydrogens is 148 g/mol. The molecule has 0 radical (unpaired) electrons. The van der Waals surface area contributed by atoms with Gasteiger partial charge >= 0.3 is 0 Å². The smallest absolute Gasteiger partial charge is 0.125 e. The van der Waals surface area contributed by atoms with E-state index in [1.54, 1.807) is 0 Å². The molecule has 1 N–H and O–H groups in total. The van der Waals surface area contributed by atoms with Crippen LogP contribution in [0.1, 0.15) is 23.6 Å². The van der Waals surface area contributed by atoms with E-state index in [-0.39, 0.29) is 0 Å². The summed E-state index contributed by atoms with van der Waals surface area (Å²) >= 11 is 0. The zero-order chi connectivity index (χ0) is 9.14. The number of rotatable bonds is 1. The van der Waals surface area contributed by atoms with Crippen molar-refractivity contribution in [3.63, 3.8) is 0 Å². The average Bonchev–Trinajstić information content (AvgIpc) is 2.06. The minimum Gasteiger partial charge on any atom is -0.507 e. The van der Waals surface area contributed by atoms with Crippen LogP contribution in [0.25, 0.3) is 6.08 Å². The van der Waals surface area contributed by atoms with Gasteiger partial charge in [-0.2, -0.15) is 0 Å². The van der Waals surface area contributed by atoms with Gasteiger partial charge in [0.15, 0.2) is 0 Å². The maximum absolute atomic E-state index is 9.66. The normalized spacial score (nSPS) is 10.9. The largest absolute Gasteiger partial charge is 0.507 e. The van der Waals surface area contributed by atoms with Crippen LogP contribution in [-0.4, -0.2) is 5.11 Å². The number of allylic oxidation sites excluding steroid dienone is 1. The lowest BCUT2D eigenvalue weighted by Crippen LogP contribution is -1.84. The molecule has 0 saturated carbocycles. The molecule has 1 rings (SSSR count). The van der Waals surface area contributed by atoms with Crippen LogP contribution >= 0.6 is 0 Å². The highest BCUT2D eigenvalue weighted by Gasteiger charge is 2.03. The molecule has 12 heavy (non-hydrogen) atoms. The summed E-state index contributed by atoms with van der Waals surface area (Å²) < 4.78 is 0. The first-order valence-corrected chi connectivity index (χ1v) is 4.08. The second-order valence-electron chi connectivity index (χ2n) is 2.96. The lowest BCUT2D eigenvalue weighted by molar-refractivity contribution is 0.469. The van der Waals surface area contributed by atoms with E-state index in [1.165, 1.54) is 0 Å². The molecule has 0 aliphatic carbocycles. The Hall–Kier alpha value is -1.24. The van der Waals surface area contributed by atoms with Gasteiger partial charge in [-0.25, -0.2) is 0 Å². The van der Waals surface area contributed by atoms with Crippen molar-refractivity contribution in [3.05, 3.63) is 34.9 Å². The van der Waals surface area contributed by atoms with Crippen molar-refractivity contribution >= 4 is 6.08 Å². The maximum Gasteiger partial charge on any atom is 0.125 e. The summed E-state index contributed by atoms with van der Waals surface area (Å²) in [6, 6.07) is 3.95. The molecular formula is C11H14O. The minimum atomic E-state index is 0.396. The van der Waals surface area contributed by atoms with Crippen molar-refractivity contribution in [2.45, 2.75) is 20.8 Å². The van der Waals surface area contributed by atoms with E-state index in [0.717, 1.165) is 16.7 Å². The van der Waals surface area contributed by atoms with Gasteiger partial charge in [0.25, 0.3) is 0 Å². The van der Waals surface area contributed by atoms with Crippen molar-refractivity contribution in [2.75, 3.05) is 0 Å². The fourth-order valence-electron chi connectivity index (χ4n) is 1.19. The Bertz CT molecular complexity index is 311. The van der Waals surface area contributed by atoms with E-state index in [4.69, 9.17) is 0 Å². The topological polar surface area (TPSA) is 20.2 Å². The third-order valence-corrected chi connectivity index (χ3v) is 1.97. The van der Waals surface area contributed by atoms with Gasteiger partial charge in [-0.1, -0.05) is 24.3 Å². The predicted molar refractivity (Wildman–Crippen MR) is 52.3 cm³/mol. The predicted octanol–water partition coefficient (Wildman–Crippen LogP) is 3.04.